The molecule has 0 aliphatic carbocycles. The summed E-state index contributed by atoms with van der Waals surface area (Å²) < 4.78 is 5.38. The number of carbonyl (C=O) groups excluding carboxylic acids is 2. The molecular weight excluding hydrogens is 374 g/mol. The zero-order valence-corrected chi connectivity index (χ0v) is 17.4. The molecule has 1 atom stereocenters. The van der Waals surface area contributed by atoms with Gasteiger partial charge in [-0.3, -0.25) is 4.79 Å². The summed E-state index contributed by atoms with van der Waals surface area (Å²) in [5.41, 5.74) is 10.9. The Morgan fingerprint density at radius 2 is 1.79 bits per heavy atom. The summed E-state index contributed by atoms with van der Waals surface area (Å²) in [6.45, 7) is 9.18. The molecule has 0 bridgehead atoms. The Balaban J connectivity index is 1.79. The maximum absolute atomic E-state index is 12.6. The van der Waals surface area contributed by atoms with E-state index in [0.717, 1.165) is 33.5 Å². The second kappa shape index (κ2) is 7.59. The van der Waals surface area contributed by atoms with E-state index in [1.54, 1.807) is 0 Å². The van der Waals surface area contributed by atoms with E-state index < -0.39 is 18.0 Å². The Morgan fingerprint density at radius 1 is 1.14 bits per heavy atom. The van der Waals surface area contributed by atoms with Crippen LogP contribution in [0.1, 0.15) is 39.0 Å². The highest BCUT2D eigenvalue weighted by molar-refractivity contribution is 7.21. The van der Waals surface area contributed by atoms with Crippen molar-refractivity contribution in [2.75, 3.05) is 11.1 Å². The van der Waals surface area contributed by atoms with Gasteiger partial charge in [-0.25, -0.2) is 9.78 Å². The van der Waals surface area contributed by atoms with Crippen LogP contribution in [0.15, 0.2) is 24.3 Å². The quantitative estimate of drug-likeness (QED) is 0.640. The Morgan fingerprint density at radius 3 is 2.43 bits per heavy atom. The number of hydrogen-bond donors (Lipinski definition) is 2. The number of nitrogens with two attached hydrogens (primary N) is 1. The largest absolute Gasteiger partial charge is 0.448 e. The first-order chi connectivity index (χ1) is 13.2. The normalized spacial score (nSPS) is 12.0. The van der Waals surface area contributed by atoms with E-state index in [2.05, 4.69) is 10.3 Å². The topological polar surface area (TPSA) is 94.3 Å². The van der Waals surface area contributed by atoms with E-state index in [1.165, 1.54) is 18.3 Å². The van der Waals surface area contributed by atoms with Crippen molar-refractivity contribution in [1.82, 2.24) is 4.98 Å². The zero-order valence-electron chi connectivity index (χ0n) is 16.5. The third-order valence-corrected chi connectivity index (χ3v) is 5.67. The number of fused-ring (bicyclic) bond motifs is 1. The fraction of sp³-hybridized carbons (Fsp3) is 0.286. The van der Waals surface area contributed by atoms with Crippen LogP contribution in [0.5, 0.6) is 0 Å². The first-order valence-corrected chi connectivity index (χ1v) is 9.75. The summed E-state index contributed by atoms with van der Waals surface area (Å²) >= 11 is 1.18. The van der Waals surface area contributed by atoms with Gasteiger partial charge in [0.25, 0.3) is 5.91 Å². The SMILES string of the molecule is Cc1cc(C)c2c(N)c(C(=O)O[C@@H](C)C(=O)Nc3c(C)cccc3C)sc2n1. The van der Waals surface area contributed by atoms with E-state index in [9.17, 15) is 9.59 Å². The Bertz CT molecular complexity index is 1070. The van der Waals surface area contributed by atoms with Gasteiger partial charge in [-0.05, 0) is 57.4 Å². The number of hydrogen-bond acceptors (Lipinski definition) is 6. The molecule has 146 valence electrons. The number of amides is 1. The summed E-state index contributed by atoms with van der Waals surface area (Å²) in [5, 5.41) is 3.60. The van der Waals surface area contributed by atoms with Gasteiger partial charge in [0.1, 0.15) is 9.71 Å². The van der Waals surface area contributed by atoms with Crippen molar-refractivity contribution in [2.45, 2.75) is 40.7 Å². The molecule has 0 saturated heterocycles. The molecule has 0 fully saturated rings. The van der Waals surface area contributed by atoms with E-state index in [-0.39, 0.29) is 4.88 Å². The molecule has 0 spiro atoms. The fourth-order valence-electron chi connectivity index (χ4n) is 3.12. The Hall–Kier alpha value is -2.93. The van der Waals surface area contributed by atoms with Crippen LogP contribution in [0.2, 0.25) is 0 Å². The smallest absolute Gasteiger partial charge is 0.351 e. The number of para-hydroxylation sites is 1. The molecule has 6 nitrogen and oxygen atoms in total. The van der Waals surface area contributed by atoms with Crippen LogP contribution in [-0.2, 0) is 9.53 Å². The molecule has 28 heavy (non-hydrogen) atoms. The highest BCUT2D eigenvalue weighted by Crippen LogP contribution is 2.35. The third-order valence-electron chi connectivity index (χ3n) is 4.59. The summed E-state index contributed by atoms with van der Waals surface area (Å²) in [6, 6.07) is 7.66. The van der Waals surface area contributed by atoms with Crippen LogP contribution in [-0.4, -0.2) is 23.0 Å². The minimum Gasteiger partial charge on any atom is -0.448 e. The van der Waals surface area contributed by atoms with Crippen LogP contribution < -0.4 is 11.1 Å². The molecule has 7 heteroatoms. The molecular formula is C21H23N3O3S. The van der Waals surface area contributed by atoms with Crippen molar-refractivity contribution in [2.24, 2.45) is 0 Å². The van der Waals surface area contributed by atoms with Gasteiger partial charge in [-0.2, -0.15) is 0 Å². The molecule has 2 aromatic heterocycles. The van der Waals surface area contributed by atoms with Gasteiger partial charge in [0.2, 0.25) is 0 Å². The van der Waals surface area contributed by atoms with Gasteiger partial charge in [0.05, 0.1) is 5.69 Å². The fourth-order valence-corrected chi connectivity index (χ4v) is 4.22. The van der Waals surface area contributed by atoms with Gasteiger partial charge in [-0.15, -0.1) is 11.3 Å². The number of aromatic nitrogens is 1. The van der Waals surface area contributed by atoms with Crippen LogP contribution in [0.4, 0.5) is 11.4 Å². The number of esters is 1. The van der Waals surface area contributed by atoms with E-state index in [0.29, 0.717) is 10.5 Å². The number of nitrogen functional groups attached to an aromatic ring is 1. The van der Waals surface area contributed by atoms with Gasteiger partial charge < -0.3 is 15.8 Å². The van der Waals surface area contributed by atoms with Gasteiger partial charge in [0, 0.05) is 16.8 Å². The monoisotopic (exact) mass is 397 g/mol. The molecule has 3 N–H and O–H groups in total. The number of thiophene rings is 1. The Kier molecular flexibility index (Phi) is 5.38. The molecule has 1 amide bonds. The number of aryl methyl sites for hydroxylation is 4. The number of ether oxygens (including phenoxy) is 1. The summed E-state index contributed by atoms with van der Waals surface area (Å²) in [7, 11) is 0. The molecule has 0 aliphatic rings. The van der Waals surface area contributed by atoms with Gasteiger partial charge in [0.15, 0.2) is 6.10 Å². The number of nitrogens with one attached hydrogen (secondary N) is 1. The summed E-state index contributed by atoms with van der Waals surface area (Å²) in [6.07, 6.45) is -0.966. The van der Waals surface area contributed by atoms with Crippen molar-refractivity contribution < 1.29 is 14.3 Å². The average Bonchev–Trinajstić information content (AvgIpc) is 2.94. The van der Waals surface area contributed by atoms with Crippen LogP contribution in [0.25, 0.3) is 10.2 Å². The molecule has 3 rings (SSSR count). The maximum Gasteiger partial charge on any atom is 0.351 e. The molecule has 0 aliphatic heterocycles. The van der Waals surface area contributed by atoms with Gasteiger partial charge in [-0.1, -0.05) is 18.2 Å². The third kappa shape index (κ3) is 3.71. The highest BCUT2D eigenvalue weighted by Gasteiger charge is 2.25. The Labute approximate surface area is 167 Å². The van der Waals surface area contributed by atoms with Gasteiger partial charge >= 0.3 is 5.97 Å². The molecule has 2 heterocycles. The molecule has 0 saturated carbocycles. The lowest BCUT2D eigenvalue weighted by Gasteiger charge is -2.16. The number of pyridine rings is 1. The lowest BCUT2D eigenvalue weighted by Crippen LogP contribution is -2.30. The first kappa shape index (κ1) is 19.8. The van der Waals surface area contributed by atoms with E-state index >= 15 is 0 Å². The van der Waals surface area contributed by atoms with E-state index in [1.807, 2.05) is 52.0 Å². The molecule has 3 aromatic rings. The van der Waals surface area contributed by atoms with Crippen molar-refractivity contribution in [3.05, 3.63) is 51.5 Å². The number of rotatable bonds is 4. The predicted molar refractivity (Wildman–Crippen MR) is 113 cm³/mol. The molecule has 0 unspecified atom stereocenters. The first-order valence-electron chi connectivity index (χ1n) is 8.93. The number of benzene rings is 1. The predicted octanol–water partition coefficient (Wildman–Crippen LogP) is 4.30. The highest BCUT2D eigenvalue weighted by atomic mass is 32.1. The molecule has 1 aromatic carbocycles. The second-order valence-electron chi connectivity index (χ2n) is 6.91. The van der Waals surface area contributed by atoms with Crippen LogP contribution >= 0.6 is 11.3 Å². The minimum atomic E-state index is -0.966. The second-order valence-corrected chi connectivity index (χ2v) is 7.91. The van der Waals surface area contributed by atoms with Crippen molar-refractivity contribution in [3.8, 4) is 0 Å². The summed E-state index contributed by atoms with van der Waals surface area (Å²) in [5.74, 6) is -1.02. The standard InChI is InChI=1S/C21H23N3O3S/c1-10-7-6-8-11(2)17(10)24-19(25)14(5)27-21(26)18-16(22)15-12(3)9-13(4)23-20(15)28-18/h6-9,14H,22H2,1-5H3,(H,24,25)/t14-/m0/s1. The molecule has 0 radical (unpaired) electrons. The summed E-state index contributed by atoms with van der Waals surface area (Å²) in [4.78, 5) is 30.5. The van der Waals surface area contributed by atoms with Crippen molar-refractivity contribution in [1.29, 1.82) is 0 Å². The minimum absolute atomic E-state index is 0.267. The van der Waals surface area contributed by atoms with Crippen LogP contribution in [0.3, 0.4) is 0 Å². The maximum atomic E-state index is 12.6. The number of nitrogens with zero attached hydrogens (tertiary/aromatic N) is 1. The number of anilines is 2. The van der Waals surface area contributed by atoms with Crippen LogP contribution in [0, 0.1) is 27.7 Å². The van der Waals surface area contributed by atoms with Crippen molar-refractivity contribution in [3.63, 3.8) is 0 Å². The lowest BCUT2D eigenvalue weighted by molar-refractivity contribution is -0.123. The zero-order chi connectivity index (χ0) is 20.6. The van der Waals surface area contributed by atoms with E-state index in [4.69, 9.17) is 10.5 Å². The van der Waals surface area contributed by atoms with Crippen molar-refractivity contribution >= 4 is 44.8 Å². The lowest BCUT2D eigenvalue weighted by atomic mass is 10.1. The average molecular weight is 398 g/mol. The number of carbonyl (C=O) groups is 2.